The van der Waals surface area contributed by atoms with Gasteiger partial charge in [0.25, 0.3) is 0 Å². The van der Waals surface area contributed by atoms with Crippen LogP contribution in [0.25, 0.3) is 0 Å². The van der Waals surface area contributed by atoms with Crippen molar-refractivity contribution in [3.05, 3.63) is 71.8 Å². The molecule has 0 aliphatic carbocycles. The van der Waals surface area contributed by atoms with Gasteiger partial charge in [-0.05, 0) is 62.1 Å². The molecule has 0 saturated carbocycles. The molecule has 6 atom stereocenters. The minimum Gasteiger partial charge on any atom is -0.368 e. The maximum atomic E-state index is 14.5. The van der Waals surface area contributed by atoms with Gasteiger partial charge in [-0.25, -0.2) is 0 Å². The molecule has 0 bridgehead atoms. The summed E-state index contributed by atoms with van der Waals surface area (Å²) < 4.78 is 0. The molecule has 0 aliphatic heterocycles. The monoisotopic (exact) mass is 807 g/mol. The van der Waals surface area contributed by atoms with Gasteiger partial charge in [-0.2, -0.15) is 0 Å². The van der Waals surface area contributed by atoms with Crippen molar-refractivity contribution in [2.75, 3.05) is 27.7 Å². The van der Waals surface area contributed by atoms with Crippen LogP contribution in [0.1, 0.15) is 78.4 Å². The number of nitrogens with one attached hydrogen (secondary N) is 3. The fourth-order valence-corrected chi connectivity index (χ4v) is 6.61. The number of nitrogens with two attached hydrogens (primary N) is 2. The summed E-state index contributed by atoms with van der Waals surface area (Å²) in [5.74, 6) is -4.27. The van der Waals surface area contributed by atoms with Gasteiger partial charge < -0.3 is 42.1 Å². The second-order valence-corrected chi connectivity index (χ2v) is 15.8. The number of nitrogens with zero attached hydrogens (tertiary/aromatic N) is 3. The Morgan fingerprint density at radius 2 is 1.12 bits per heavy atom. The van der Waals surface area contributed by atoms with Crippen molar-refractivity contribution >= 4 is 41.4 Å². The van der Waals surface area contributed by atoms with Gasteiger partial charge in [0.05, 0.1) is 0 Å². The maximum absolute atomic E-state index is 14.5. The molecule has 0 fully saturated rings. The zero-order chi connectivity index (χ0) is 43.7. The molecule has 7 N–H and O–H groups in total. The van der Waals surface area contributed by atoms with Crippen molar-refractivity contribution in [3.8, 4) is 0 Å². The highest BCUT2D eigenvalue weighted by molar-refractivity contribution is 5.97. The zero-order valence-corrected chi connectivity index (χ0v) is 35.7. The Bertz CT molecular complexity index is 1670. The van der Waals surface area contributed by atoms with Crippen LogP contribution >= 0.6 is 0 Å². The molecule has 0 radical (unpaired) electrons. The molecular formula is C43H66N8O7. The van der Waals surface area contributed by atoms with Crippen LogP contribution in [0, 0.1) is 11.8 Å². The van der Waals surface area contributed by atoms with Gasteiger partial charge in [-0.15, -0.1) is 0 Å². The van der Waals surface area contributed by atoms with Crippen molar-refractivity contribution in [2.45, 2.75) is 116 Å². The van der Waals surface area contributed by atoms with Crippen molar-refractivity contribution in [3.63, 3.8) is 0 Å². The summed E-state index contributed by atoms with van der Waals surface area (Å²) in [6.45, 7) is 10.6. The van der Waals surface area contributed by atoms with Crippen LogP contribution in [0.5, 0.6) is 0 Å². The lowest BCUT2D eigenvalue weighted by molar-refractivity contribution is -0.146. The molecule has 7 amide bonds. The fraction of sp³-hybridized carbons (Fsp3) is 0.558. The first-order chi connectivity index (χ1) is 27.3. The van der Waals surface area contributed by atoms with E-state index in [2.05, 4.69) is 16.0 Å². The molecule has 15 heteroatoms. The van der Waals surface area contributed by atoms with Gasteiger partial charge >= 0.3 is 0 Å². The third kappa shape index (κ3) is 14.9. The fourth-order valence-electron chi connectivity index (χ4n) is 6.61. The zero-order valence-electron chi connectivity index (χ0n) is 35.7. The molecule has 0 heterocycles. The average Bonchev–Trinajstić information content (AvgIpc) is 3.18. The summed E-state index contributed by atoms with van der Waals surface area (Å²) in [6.07, 6.45) is 2.05. The van der Waals surface area contributed by atoms with E-state index >= 15 is 0 Å². The van der Waals surface area contributed by atoms with Gasteiger partial charge in [-0.1, -0.05) is 88.4 Å². The van der Waals surface area contributed by atoms with E-state index in [4.69, 9.17) is 11.5 Å². The first-order valence-electron chi connectivity index (χ1n) is 20.1. The third-order valence-electron chi connectivity index (χ3n) is 10.3. The standard InChI is InChI=1S/C43H66N8O7/c1-27(2)24-35(50(8)41(56)33(46-30(6)52)22-16-17-23-44)40(55)48-37(28(3)4)43(58)51(9)36(26-32-20-14-11-15-21-32)39(54)47-34(25-31-18-12-10-13-19-31)42(57)49(7)29(5)38(45)53/h10-15,18-21,27-29,33-37H,16-17,22-26,44H2,1-9H3,(H2,45,53)(H,46,52)(H,47,54)(H,48,55)/t29-,33-,34-,35-,36-,37-/m0/s1. The van der Waals surface area contributed by atoms with Gasteiger partial charge in [0, 0.05) is 40.9 Å². The first kappa shape index (κ1) is 48.8. The number of benzene rings is 2. The predicted octanol–water partition coefficient (Wildman–Crippen LogP) is 1.76. The van der Waals surface area contributed by atoms with E-state index in [0.717, 1.165) is 11.1 Å². The summed E-state index contributed by atoms with van der Waals surface area (Å²) in [7, 11) is 4.43. The first-order valence-corrected chi connectivity index (χ1v) is 20.1. The molecule has 58 heavy (non-hydrogen) atoms. The van der Waals surface area contributed by atoms with E-state index in [1.54, 1.807) is 13.8 Å². The molecule has 0 unspecified atom stereocenters. The van der Waals surface area contributed by atoms with Crippen molar-refractivity contribution in [2.24, 2.45) is 23.3 Å². The molecule has 2 aromatic carbocycles. The predicted molar refractivity (Wildman–Crippen MR) is 223 cm³/mol. The Balaban J connectivity index is 2.50. The SMILES string of the molecule is CC(=O)N[C@@H](CCCCN)C(=O)N(C)[C@@H](CC(C)C)C(=O)N[C@H](C(=O)N(C)[C@@H](Cc1ccccc1)C(=O)N[C@@H](Cc1ccccc1)C(=O)N(C)[C@@H](C)C(N)=O)C(C)C. The van der Waals surface area contributed by atoms with E-state index in [-0.39, 0.29) is 31.1 Å². The number of likely N-dealkylation sites (N-methyl/N-ethyl adjacent to an activating group) is 3. The normalized spacial score (nSPS) is 14.3. The van der Waals surface area contributed by atoms with Crippen LogP contribution in [-0.2, 0) is 46.4 Å². The van der Waals surface area contributed by atoms with E-state index in [1.807, 2.05) is 74.5 Å². The quantitative estimate of drug-likeness (QED) is 0.104. The Labute approximate surface area is 344 Å². The maximum Gasteiger partial charge on any atom is 0.245 e. The lowest BCUT2D eigenvalue weighted by Crippen LogP contribution is -2.61. The summed E-state index contributed by atoms with van der Waals surface area (Å²) >= 11 is 0. The summed E-state index contributed by atoms with van der Waals surface area (Å²) in [5.41, 5.74) is 12.7. The van der Waals surface area contributed by atoms with E-state index in [1.165, 1.54) is 49.7 Å². The topological polar surface area (TPSA) is 217 Å². The molecule has 0 saturated heterocycles. The van der Waals surface area contributed by atoms with Crippen LogP contribution in [0.4, 0.5) is 0 Å². The molecule has 0 aliphatic rings. The molecular weight excluding hydrogens is 741 g/mol. The highest BCUT2D eigenvalue weighted by atomic mass is 16.2. The van der Waals surface area contributed by atoms with Crippen LogP contribution in [0.3, 0.4) is 0 Å². The van der Waals surface area contributed by atoms with Crippen LogP contribution in [-0.4, -0.2) is 120 Å². The van der Waals surface area contributed by atoms with Gasteiger partial charge in [-0.3, -0.25) is 33.6 Å². The lowest BCUT2D eigenvalue weighted by Gasteiger charge is -2.36. The molecule has 2 rings (SSSR count). The van der Waals surface area contributed by atoms with Crippen molar-refractivity contribution < 1.29 is 33.6 Å². The molecule has 320 valence electrons. The van der Waals surface area contributed by atoms with E-state index in [9.17, 15) is 33.6 Å². The Morgan fingerprint density at radius 3 is 1.60 bits per heavy atom. The Hall–Kier alpha value is -5.31. The second-order valence-electron chi connectivity index (χ2n) is 15.8. The number of hydrogen-bond acceptors (Lipinski definition) is 8. The van der Waals surface area contributed by atoms with Crippen LogP contribution in [0.15, 0.2) is 60.7 Å². The molecule has 0 spiro atoms. The number of carbonyl (C=O) groups is 7. The van der Waals surface area contributed by atoms with E-state index in [0.29, 0.717) is 25.8 Å². The van der Waals surface area contributed by atoms with Crippen molar-refractivity contribution in [1.29, 1.82) is 0 Å². The smallest absolute Gasteiger partial charge is 0.245 e. The number of unbranched alkanes of at least 4 members (excludes halogenated alkanes) is 1. The number of carbonyl (C=O) groups excluding carboxylic acids is 7. The lowest BCUT2D eigenvalue weighted by atomic mass is 9.96. The van der Waals surface area contributed by atoms with Gasteiger partial charge in [0.15, 0.2) is 0 Å². The van der Waals surface area contributed by atoms with Crippen LogP contribution < -0.4 is 27.4 Å². The molecule has 2 aromatic rings. The number of primary amides is 1. The van der Waals surface area contributed by atoms with E-state index < -0.39 is 77.6 Å². The number of rotatable bonds is 23. The summed E-state index contributed by atoms with van der Waals surface area (Å²) in [5, 5.41) is 8.47. The highest BCUT2D eigenvalue weighted by Gasteiger charge is 2.39. The summed E-state index contributed by atoms with van der Waals surface area (Å²) in [4.78, 5) is 98.7. The Morgan fingerprint density at radius 1 is 0.621 bits per heavy atom. The highest BCUT2D eigenvalue weighted by Crippen LogP contribution is 2.18. The average molecular weight is 807 g/mol. The minimum absolute atomic E-state index is 0.0196. The van der Waals surface area contributed by atoms with Crippen molar-refractivity contribution in [1.82, 2.24) is 30.7 Å². The third-order valence-corrected chi connectivity index (χ3v) is 10.3. The molecule has 15 nitrogen and oxygen atoms in total. The minimum atomic E-state index is -1.14. The number of amides is 7. The summed E-state index contributed by atoms with van der Waals surface area (Å²) in [6, 6.07) is 12.0. The second kappa shape index (κ2) is 23.8. The van der Waals surface area contributed by atoms with Gasteiger partial charge in [0.1, 0.15) is 36.3 Å². The number of hydrogen-bond donors (Lipinski definition) is 5. The molecule has 0 aromatic heterocycles. The van der Waals surface area contributed by atoms with Crippen LogP contribution in [0.2, 0.25) is 0 Å². The van der Waals surface area contributed by atoms with Gasteiger partial charge in [0.2, 0.25) is 41.4 Å². The largest absolute Gasteiger partial charge is 0.368 e. The Kier molecular flexibility index (Phi) is 20.0.